The Morgan fingerprint density at radius 2 is 1.60 bits per heavy atom. The highest BCUT2D eigenvalue weighted by Gasteiger charge is 2.32. The Bertz CT molecular complexity index is 391. The molecule has 2 aliphatic heterocycles. The fraction of sp³-hybridized carbons (Fsp3) is 0.824. The van der Waals surface area contributed by atoms with Crippen LogP contribution < -0.4 is 0 Å². The molecular weight excluding hydrogens is 248 g/mol. The van der Waals surface area contributed by atoms with Gasteiger partial charge in [0, 0.05) is 51.0 Å². The van der Waals surface area contributed by atoms with E-state index in [4.69, 9.17) is 0 Å². The molecule has 3 rings (SSSR count). The van der Waals surface area contributed by atoms with Crippen LogP contribution in [0.1, 0.15) is 51.4 Å². The van der Waals surface area contributed by atoms with E-state index in [9.17, 15) is 4.79 Å². The second kappa shape index (κ2) is 6.63. The third-order valence-corrected chi connectivity index (χ3v) is 5.10. The SMILES string of the molecule is O=C(C1CCCC1)N1CCCC(N2CCC#CCC2)C1. The van der Waals surface area contributed by atoms with Crippen LogP contribution >= 0.6 is 0 Å². The van der Waals surface area contributed by atoms with Crippen LogP contribution in [0.2, 0.25) is 0 Å². The van der Waals surface area contributed by atoms with Crippen molar-refractivity contribution in [2.24, 2.45) is 5.92 Å². The van der Waals surface area contributed by atoms with Crippen molar-refractivity contribution in [3.05, 3.63) is 0 Å². The van der Waals surface area contributed by atoms with Crippen LogP contribution in [0.4, 0.5) is 0 Å². The van der Waals surface area contributed by atoms with E-state index in [1.54, 1.807) is 0 Å². The molecule has 0 bridgehead atoms. The van der Waals surface area contributed by atoms with Gasteiger partial charge in [0.15, 0.2) is 0 Å². The van der Waals surface area contributed by atoms with Gasteiger partial charge in [-0.05, 0) is 25.7 Å². The predicted molar refractivity (Wildman–Crippen MR) is 80.1 cm³/mol. The zero-order chi connectivity index (χ0) is 13.8. The number of rotatable bonds is 2. The minimum absolute atomic E-state index is 0.334. The smallest absolute Gasteiger partial charge is 0.225 e. The number of hydrogen-bond donors (Lipinski definition) is 0. The lowest BCUT2D eigenvalue weighted by molar-refractivity contribution is -0.137. The first-order chi connectivity index (χ1) is 9.84. The molecule has 1 amide bonds. The van der Waals surface area contributed by atoms with E-state index in [2.05, 4.69) is 21.6 Å². The highest BCUT2D eigenvalue weighted by molar-refractivity contribution is 5.79. The maximum atomic E-state index is 12.6. The van der Waals surface area contributed by atoms with Gasteiger partial charge in [-0.1, -0.05) is 12.8 Å². The molecule has 2 heterocycles. The molecule has 0 aromatic heterocycles. The number of carbonyl (C=O) groups excluding carboxylic acids is 1. The fourth-order valence-corrected chi connectivity index (χ4v) is 3.94. The lowest BCUT2D eigenvalue weighted by Crippen LogP contribution is -2.51. The van der Waals surface area contributed by atoms with Gasteiger partial charge in [-0.3, -0.25) is 9.69 Å². The minimum Gasteiger partial charge on any atom is -0.341 e. The maximum absolute atomic E-state index is 12.6. The molecule has 1 saturated heterocycles. The zero-order valence-corrected chi connectivity index (χ0v) is 12.4. The number of nitrogens with zero attached hydrogens (tertiary/aromatic N) is 2. The van der Waals surface area contributed by atoms with Crippen molar-refractivity contribution in [2.45, 2.75) is 57.4 Å². The van der Waals surface area contributed by atoms with E-state index in [1.807, 2.05) is 0 Å². The molecule has 0 aromatic carbocycles. The highest BCUT2D eigenvalue weighted by Crippen LogP contribution is 2.28. The number of carbonyl (C=O) groups is 1. The van der Waals surface area contributed by atoms with Crippen LogP contribution in [-0.4, -0.2) is 47.9 Å². The number of likely N-dealkylation sites (tertiary alicyclic amines) is 1. The molecule has 3 heteroatoms. The number of piperidine rings is 1. The summed E-state index contributed by atoms with van der Waals surface area (Å²) >= 11 is 0. The predicted octanol–water partition coefficient (Wildman–Crippen LogP) is 2.27. The van der Waals surface area contributed by atoms with Crippen molar-refractivity contribution in [3.8, 4) is 11.8 Å². The van der Waals surface area contributed by atoms with E-state index in [0.29, 0.717) is 17.9 Å². The lowest BCUT2D eigenvalue weighted by atomic mass is 10.00. The molecule has 0 spiro atoms. The Morgan fingerprint density at radius 1 is 0.900 bits per heavy atom. The summed E-state index contributed by atoms with van der Waals surface area (Å²) < 4.78 is 0. The normalized spacial score (nSPS) is 28.8. The van der Waals surface area contributed by atoms with Gasteiger partial charge >= 0.3 is 0 Å². The van der Waals surface area contributed by atoms with E-state index in [-0.39, 0.29) is 0 Å². The molecule has 1 saturated carbocycles. The number of amides is 1. The van der Waals surface area contributed by atoms with E-state index >= 15 is 0 Å². The Labute approximate surface area is 122 Å². The molecule has 1 aliphatic carbocycles. The molecule has 0 radical (unpaired) electrons. The fourth-order valence-electron chi connectivity index (χ4n) is 3.94. The second-order valence-electron chi connectivity index (χ2n) is 6.45. The van der Waals surface area contributed by atoms with Crippen molar-refractivity contribution < 1.29 is 4.79 Å². The average Bonchev–Trinajstić information content (AvgIpc) is 2.89. The topological polar surface area (TPSA) is 23.6 Å². The Kier molecular flexibility index (Phi) is 4.62. The lowest BCUT2D eigenvalue weighted by Gasteiger charge is -2.39. The van der Waals surface area contributed by atoms with Crippen LogP contribution in [0.5, 0.6) is 0 Å². The van der Waals surface area contributed by atoms with Crippen molar-refractivity contribution in [3.63, 3.8) is 0 Å². The summed E-state index contributed by atoms with van der Waals surface area (Å²) in [6.07, 6.45) is 9.14. The monoisotopic (exact) mass is 274 g/mol. The van der Waals surface area contributed by atoms with Gasteiger partial charge in [0.05, 0.1) is 0 Å². The standard InChI is InChI=1S/C17H26N2O/c20-17(15-8-3-4-9-15)19-13-7-10-16(14-19)18-11-5-1-2-6-12-18/h15-16H,3-14H2. The Balaban J connectivity index is 1.56. The second-order valence-corrected chi connectivity index (χ2v) is 6.45. The largest absolute Gasteiger partial charge is 0.341 e. The van der Waals surface area contributed by atoms with Gasteiger partial charge < -0.3 is 4.90 Å². The number of hydrogen-bond acceptors (Lipinski definition) is 2. The van der Waals surface area contributed by atoms with E-state index in [1.165, 1.54) is 25.7 Å². The van der Waals surface area contributed by atoms with E-state index < -0.39 is 0 Å². The summed E-state index contributed by atoms with van der Waals surface area (Å²) in [5.41, 5.74) is 0. The first-order valence-electron chi connectivity index (χ1n) is 8.33. The summed E-state index contributed by atoms with van der Waals surface area (Å²) in [5.74, 6) is 7.22. The maximum Gasteiger partial charge on any atom is 0.225 e. The quantitative estimate of drug-likeness (QED) is 0.721. The Morgan fingerprint density at radius 3 is 2.30 bits per heavy atom. The van der Waals surface area contributed by atoms with Crippen molar-refractivity contribution in [1.29, 1.82) is 0 Å². The molecule has 20 heavy (non-hydrogen) atoms. The molecule has 2 fully saturated rings. The van der Waals surface area contributed by atoms with Gasteiger partial charge in [0.1, 0.15) is 0 Å². The Hall–Kier alpha value is -1.01. The van der Waals surface area contributed by atoms with Crippen molar-refractivity contribution >= 4 is 5.91 Å². The van der Waals surface area contributed by atoms with Gasteiger partial charge in [0.25, 0.3) is 0 Å². The third kappa shape index (κ3) is 3.17. The highest BCUT2D eigenvalue weighted by atomic mass is 16.2. The van der Waals surface area contributed by atoms with Crippen LogP contribution in [0, 0.1) is 17.8 Å². The van der Waals surface area contributed by atoms with Crippen LogP contribution in [-0.2, 0) is 4.79 Å². The first kappa shape index (κ1) is 13.9. The molecule has 1 atom stereocenters. The van der Waals surface area contributed by atoms with Gasteiger partial charge in [-0.2, -0.15) is 0 Å². The summed E-state index contributed by atoms with van der Waals surface area (Å²) in [4.78, 5) is 17.3. The van der Waals surface area contributed by atoms with Gasteiger partial charge in [-0.25, -0.2) is 0 Å². The summed E-state index contributed by atoms with van der Waals surface area (Å²) in [5, 5.41) is 0. The van der Waals surface area contributed by atoms with Gasteiger partial charge in [0.2, 0.25) is 5.91 Å². The minimum atomic E-state index is 0.334. The molecule has 110 valence electrons. The summed E-state index contributed by atoms with van der Waals surface area (Å²) in [6, 6.07) is 0.566. The molecule has 3 aliphatic rings. The first-order valence-corrected chi connectivity index (χ1v) is 8.33. The molecule has 0 N–H and O–H groups in total. The van der Waals surface area contributed by atoms with Crippen molar-refractivity contribution in [2.75, 3.05) is 26.2 Å². The molecular formula is C17H26N2O. The summed E-state index contributed by atoms with van der Waals surface area (Å²) in [6.45, 7) is 4.11. The van der Waals surface area contributed by atoms with Crippen LogP contribution in [0.3, 0.4) is 0 Å². The third-order valence-electron chi connectivity index (χ3n) is 5.10. The van der Waals surface area contributed by atoms with Crippen LogP contribution in [0.25, 0.3) is 0 Å². The van der Waals surface area contributed by atoms with Crippen LogP contribution in [0.15, 0.2) is 0 Å². The van der Waals surface area contributed by atoms with Crippen molar-refractivity contribution in [1.82, 2.24) is 9.80 Å². The van der Waals surface area contributed by atoms with E-state index in [0.717, 1.165) is 51.9 Å². The average molecular weight is 274 g/mol. The molecule has 1 unspecified atom stereocenters. The van der Waals surface area contributed by atoms with Gasteiger partial charge in [-0.15, -0.1) is 11.8 Å². The molecule has 3 nitrogen and oxygen atoms in total. The summed E-state index contributed by atoms with van der Waals surface area (Å²) in [7, 11) is 0. The zero-order valence-electron chi connectivity index (χ0n) is 12.4. The molecule has 0 aromatic rings.